The third-order valence-electron chi connectivity index (χ3n) is 6.59. The summed E-state index contributed by atoms with van der Waals surface area (Å²) < 4.78 is 5.31. The number of hydrogen-bond acceptors (Lipinski definition) is 3. The number of methoxy groups -OCH3 is 1. The number of aliphatic hydroxyl groups excluding tert-OH is 1. The number of halogens is 3. The first kappa shape index (κ1) is 24.4. The number of rotatable bonds is 6. The number of fused-ring (bicyclic) bond motifs is 1. The smallest absolute Gasteiger partial charge is 0.138 e. The van der Waals surface area contributed by atoms with E-state index in [4.69, 9.17) is 39.5 Å². The Labute approximate surface area is 210 Å². The highest BCUT2D eigenvalue weighted by atomic mass is 35.5. The molecule has 174 valence electrons. The first-order valence-corrected chi connectivity index (χ1v) is 12.3. The summed E-state index contributed by atoms with van der Waals surface area (Å²) in [7, 11) is 1.61. The van der Waals surface area contributed by atoms with E-state index >= 15 is 0 Å². The van der Waals surface area contributed by atoms with E-state index in [2.05, 4.69) is 17.9 Å². The van der Waals surface area contributed by atoms with Gasteiger partial charge in [0, 0.05) is 24.5 Å². The van der Waals surface area contributed by atoms with Crippen LogP contribution in [0.2, 0.25) is 15.1 Å². The average Bonchev–Trinajstić information content (AvgIpc) is 2.84. The molecule has 1 saturated heterocycles. The van der Waals surface area contributed by atoms with Crippen molar-refractivity contribution in [3.8, 4) is 5.75 Å². The maximum Gasteiger partial charge on any atom is 0.138 e. The van der Waals surface area contributed by atoms with Gasteiger partial charge in [-0.05, 0) is 67.0 Å². The molecular weight excluding hydrogens is 477 g/mol. The number of allylic oxidation sites excluding steroid dienone is 1. The third-order valence-corrected chi connectivity index (χ3v) is 7.72. The number of likely N-dealkylation sites (tertiary alicyclic amines) is 1. The summed E-state index contributed by atoms with van der Waals surface area (Å²) in [4.78, 5) is 2.37. The van der Waals surface area contributed by atoms with Crippen LogP contribution in [0.5, 0.6) is 5.75 Å². The van der Waals surface area contributed by atoms with Gasteiger partial charge < -0.3 is 9.84 Å². The van der Waals surface area contributed by atoms with Crippen molar-refractivity contribution in [1.29, 1.82) is 0 Å². The summed E-state index contributed by atoms with van der Waals surface area (Å²) in [6.07, 6.45) is 4.60. The zero-order chi connectivity index (χ0) is 23.5. The van der Waals surface area contributed by atoms with Crippen molar-refractivity contribution in [1.82, 2.24) is 4.90 Å². The SMILES string of the molecule is COc1ccc2cc(C(O)C(C)N3CCC(=CCc4ccc(Cl)c(Cl)c4)CC3)ccc2c1Cl. The lowest BCUT2D eigenvalue weighted by Gasteiger charge is -2.36. The molecule has 0 bridgehead atoms. The molecule has 1 aliphatic heterocycles. The third kappa shape index (κ3) is 5.50. The molecule has 1 N–H and O–H groups in total. The van der Waals surface area contributed by atoms with E-state index in [0.29, 0.717) is 20.8 Å². The van der Waals surface area contributed by atoms with Crippen LogP contribution in [0.15, 0.2) is 60.2 Å². The number of hydrogen-bond donors (Lipinski definition) is 1. The van der Waals surface area contributed by atoms with Crippen LogP contribution in [0, 0.1) is 0 Å². The predicted octanol–water partition coefficient (Wildman–Crippen LogP) is 7.50. The highest BCUT2D eigenvalue weighted by Gasteiger charge is 2.26. The minimum Gasteiger partial charge on any atom is -0.495 e. The first-order chi connectivity index (χ1) is 15.9. The van der Waals surface area contributed by atoms with E-state index in [1.54, 1.807) is 7.11 Å². The van der Waals surface area contributed by atoms with E-state index in [1.807, 2.05) is 48.5 Å². The molecule has 0 saturated carbocycles. The van der Waals surface area contributed by atoms with Crippen molar-refractivity contribution >= 4 is 45.6 Å². The topological polar surface area (TPSA) is 32.7 Å². The molecular formula is C27H28Cl3NO2. The van der Waals surface area contributed by atoms with E-state index in [1.165, 1.54) is 5.57 Å². The Morgan fingerprint density at radius 2 is 1.76 bits per heavy atom. The van der Waals surface area contributed by atoms with Crippen LogP contribution >= 0.6 is 34.8 Å². The van der Waals surface area contributed by atoms with Crippen molar-refractivity contribution in [3.63, 3.8) is 0 Å². The summed E-state index contributed by atoms with van der Waals surface area (Å²) in [5.41, 5.74) is 3.52. The van der Waals surface area contributed by atoms with Gasteiger partial charge in [-0.15, -0.1) is 0 Å². The number of ether oxygens (including phenoxy) is 1. The standard InChI is InChI=1S/C27H28Cl3NO2/c1-17(27(32)21-6-8-22-20(16-21)7-10-25(33-2)26(22)30)31-13-11-18(12-14-31)3-4-19-5-9-23(28)24(29)15-19/h3,5-10,15-17,27,32H,4,11-14H2,1-2H3. The van der Waals surface area contributed by atoms with Gasteiger partial charge in [0.15, 0.2) is 0 Å². The van der Waals surface area contributed by atoms with Crippen molar-refractivity contribution in [3.05, 3.63) is 86.4 Å². The highest BCUT2D eigenvalue weighted by molar-refractivity contribution is 6.42. The molecule has 0 spiro atoms. The molecule has 0 aliphatic carbocycles. The van der Waals surface area contributed by atoms with Gasteiger partial charge in [0.2, 0.25) is 0 Å². The van der Waals surface area contributed by atoms with Gasteiger partial charge in [-0.1, -0.05) is 70.7 Å². The molecule has 3 nitrogen and oxygen atoms in total. The maximum atomic E-state index is 11.1. The van der Waals surface area contributed by atoms with E-state index in [-0.39, 0.29) is 6.04 Å². The highest BCUT2D eigenvalue weighted by Crippen LogP contribution is 2.35. The minimum atomic E-state index is -0.572. The Morgan fingerprint density at radius 3 is 2.45 bits per heavy atom. The van der Waals surface area contributed by atoms with Crippen molar-refractivity contribution in [2.75, 3.05) is 20.2 Å². The minimum absolute atomic E-state index is 0.0211. The lowest BCUT2D eigenvalue weighted by Crippen LogP contribution is -2.41. The Kier molecular flexibility index (Phi) is 7.88. The van der Waals surface area contributed by atoms with Crippen LogP contribution in [0.25, 0.3) is 10.8 Å². The van der Waals surface area contributed by atoms with Crippen LogP contribution in [-0.2, 0) is 6.42 Å². The second-order valence-electron chi connectivity index (χ2n) is 8.60. The van der Waals surface area contributed by atoms with Gasteiger partial charge in [0.25, 0.3) is 0 Å². The molecule has 33 heavy (non-hydrogen) atoms. The van der Waals surface area contributed by atoms with Crippen LogP contribution < -0.4 is 4.74 Å². The summed E-state index contributed by atoms with van der Waals surface area (Å²) in [6.45, 7) is 3.96. The number of aliphatic hydroxyl groups is 1. The fourth-order valence-corrected chi connectivity index (χ4v) is 5.09. The average molecular weight is 505 g/mol. The summed E-state index contributed by atoms with van der Waals surface area (Å²) in [5, 5.41) is 14.8. The Morgan fingerprint density at radius 1 is 1.00 bits per heavy atom. The van der Waals surface area contributed by atoms with Gasteiger partial charge in [0.1, 0.15) is 5.75 Å². The lowest BCUT2D eigenvalue weighted by atomic mass is 9.95. The zero-order valence-corrected chi connectivity index (χ0v) is 21.1. The van der Waals surface area contributed by atoms with Crippen molar-refractivity contribution in [2.24, 2.45) is 0 Å². The number of piperidine rings is 1. The molecule has 4 rings (SSSR count). The van der Waals surface area contributed by atoms with Crippen molar-refractivity contribution < 1.29 is 9.84 Å². The molecule has 1 aliphatic rings. The Hall–Kier alpha value is -1.75. The van der Waals surface area contributed by atoms with Crippen LogP contribution in [0.4, 0.5) is 0 Å². The van der Waals surface area contributed by atoms with Gasteiger partial charge in [-0.25, -0.2) is 0 Å². The van der Waals surface area contributed by atoms with Gasteiger partial charge in [0.05, 0.1) is 28.3 Å². The summed E-state index contributed by atoms with van der Waals surface area (Å²) >= 11 is 18.6. The molecule has 2 unspecified atom stereocenters. The molecule has 0 radical (unpaired) electrons. The summed E-state index contributed by atoms with van der Waals surface area (Å²) in [5.74, 6) is 0.655. The zero-order valence-electron chi connectivity index (χ0n) is 18.8. The molecule has 0 aromatic heterocycles. The Bertz CT molecular complexity index is 1170. The lowest BCUT2D eigenvalue weighted by molar-refractivity contribution is 0.0533. The Balaban J connectivity index is 1.38. The molecule has 1 heterocycles. The second kappa shape index (κ2) is 10.7. The quantitative estimate of drug-likeness (QED) is 0.353. The predicted molar refractivity (Wildman–Crippen MR) is 139 cm³/mol. The van der Waals surface area contributed by atoms with Crippen molar-refractivity contribution in [2.45, 2.75) is 38.3 Å². The maximum absolute atomic E-state index is 11.1. The fraction of sp³-hybridized carbons (Fsp3) is 0.333. The van der Waals surface area contributed by atoms with Crippen LogP contribution in [0.1, 0.15) is 37.0 Å². The monoisotopic (exact) mass is 503 g/mol. The van der Waals surface area contributed by atoms with E-state index in [9.17, 15) is 5.11 Å². The summed E-state index contributed by atoms with van der Waals surface area (Å²) in [6, 6.07) is 15.6. The fourth-order valence-electron chi connectivity index (χ4n) is 4.46. The second-order valence-corrected chi connectivity index (χ2v) is 9.79. The largest absolute Gasteiger partial charge is 0.495 e. The van der Waals surface area contributed by atoms with E-state index < -0.39 is 6.10 Å². The number of benzene rings is 3. The molecule has 6 heteroatoms. The molecule has 1 fully saturated rings. The molecule has 3 aromatic rings. The van der Waals surface area contributed by atoms with E-state index in [0.717, 1.165) is 54.3 Å². The van der Waals surface area contributed by atoms with Gasteiger partial charge in [-0.3, -0.25) is 4.90 Å². The van der Waals surface area contributed by atoms with Crippen LogP contribution in [0.3, 0.4) is 0 Å². The molecule has 0 amide bonds. The molecule has 2 atom stereocenters. The number of nitrogens with zero attached hydrogens (tertiary/aromatic N) is 1. The first-order valence-electron chi connectivity index (χ1n) is 11.2. The van der Waals surface area contributed by atoms with Crippen LogP contribution in [-0.4, -0.2) is 36.2 Å². The van der Waals surface area contributed by atoms with Gasteiger partial charge >= 0.3 is 0 Å². The normalized spacial score (nSPS) is 16.6. The van der Waals surface area contributed by atoms with Gasteiger partial charge in [-0.2, -0.15) is 0 Å². The molecule has 3 aromatic carbocycles.